The Hall–Kier alpha value is -2.34. The number of nitro benzene ring substituents is 1. The fourth-order valence-corrected chi connectivity index (χ4v) is 2.77. The summed E-state index contributed by atoms with van der Waals surface area (Å²) in [6, 6.07) is 13.9. The third-order valence-electron chi connectivity index (χ3n) is 2.81. The average Bonchev–Trinajstić information content (AvgIpc) is 2.47. The lowest BCUT2D eigenvalue weighted by atomic mass is 10.2. The normalized spacial score (nSPS) is 10.5. The van der Waals surface area contributed by atoms with Crippen molar-refractivity contribution in [1.82, 2.24) is 5.32 Å². The van der Waals surface area contributed by atoms with Crippen LogP contribution in [0.4, 0.5) is 5.69 Å². The van der Waals surface area contributed by atoms with Crippen LogP contribution in [0.25, 0.3) is 0 Å². The molecular formula is C16H16N2O3S. The van der Waals surface area contributed by atoms with E-state index < -0.39 is 4.92 Å². The Labute approximate surface area is 132 Å². The number of hydrogen-bond donors (Lipinski definition) is 1. The zero-order valence-electron chi connectivity index (χ0n) is 12.3. The van der Waals surface area contributed by atoms with Crippen molar-refractivity contribution in [3.8, 4) is 0 Å². The van der Waals surface area contributed by atoms with Crippen LogP contribution in [0.1, 0.15) is 24.2 Å². The third kappa shape index (κ3) is 4.08. The topological polar surface area (TPSA) is 72.2 Å². The highest BCUT2D eigenvalue weighted by Gasteiger charge is 2.18. The number of hydrogen-bond acceptors (Lipinski definition) is 4. The number of nitrogens with one attached hydrogen (secondary N) is 1. The number of carbonyl (C=O) groups is 1. The summed E-state index contributed by atoms with van der Waals surface area (Å²) >= 11 is 1.30. The monoisotopic (exact) mass is 316 g/mol. The Balaban J connectivity index is 2.32. The van der Waals surface area contributed by atoms with E-state index in [1.165, 1.54) is 17.8 Å². The van der Waals surface area contributed by atoms with Gasteiger partial charge in [0.25, 0.3) is 11.6 Å². The van der Waals surface area contributed by atoms with E-state index in [1.54, 1.807) is 12.1 Å². The van der Waals surface area contributed by atoms with E-state index in [-0.39, 0.29) is 23.2 Å². The van der Waals surface area contributed by atoms with Gasteiger partial charge >= 0.3 is 0 Å². The number of amides is 1. The van der Waals surface area contributed by atoms with Crippen LogP contribution >= 0.6 is 11.8 Å². The van der Waals surface area contributed by atoms with Gasteiger partial charge in [-0.25, -0.2) is 0 Å². The SMILES string of the molecule is CC(C)NC(=O)c1ccc(Sc2ccccc2)c([N+](=O)[O-])c1. The predicted octanol–water partition coefficient (Wildman–Crippen LogP) is 3.88. The van der Waals surface area contributed by atoms with Gasteiger partial charge in [0.15, 0.2) is 0 Å². The second-order valence-corrected chi connectivity index (χ2v) is 6.10. The molecule has 2 aromatic rings. The fraction of sp³-hybridized carbons (Fsp3) is 0.188. The van der Waals surface area contributed by atoms with Crippen LogP contribution in [0.15, 0.2) is 58.3 Å². The van der Waals surface area contributed by atoms with Crippen molar-refractivity contribution in [1.29, 1.82) is 0 Å². The fourth-order valence-electron chi connectivity index (χ4n) is 1.85. The van der Waals surface area contributed by atoms with E-state index in [4.69, 9.17) is 0 Å². The van der Waals surface area contributed by atoms with Gasteiger partial charge in [0.05, 0.1) is 9.82 Å². The van der Waals surface area contributed by atoms with Gasteiger partial charge in [0.1, 0.15) is 0 Å². The molecule has 0 spiro atoms. The quantitative estimate of drug-likeness (QED) is 0.671. The molecule has 5 nitrogen and oxygen atoms in total. The average molecular weight is 316 g/mol. The minimum Gasteiger partial charge on any atom is -0.350 e. The molecule has 0 radical (unpaired) electrons. The molecule has 0 aliphatic carbocycles. The lowest BCUT2D eigenvalue weighted by Gasteiger charge is -2.09. The highest BCUT2D eigenvalue weighted by atomic mass is 32.2. The molecule has 2 rings (SSSR count). The lowest BCUT2D eigenvalue weighted by molar-refractivity contribution is -0.387. The van der Waals surface area contributed by atoms with Crippen molar-refractivity contribution in [2.45, 2.75) is 29.7 Å². The molecule has 0 aliphatic rings. The lowest BCUT2D eigenvalue weighted by Crippen LogP contribution is -2.30. The van der Waals surface area contributed by atoms with E-state index in [0.29, 0.717) is 4.90 Å². The Kier molecular flexibility index (Phi) is 5.16. The molecule has 0 aliphatic heterocycles. The smallest absolute Gasteiger partial charge is 0.284 e. The van der Waals surface area contributed by atoms with Crippen molar-refractivity contribution in [2.75, 3.05) is 0 Å². The molecule has 2 aromatic carbocycles. The maximum absolute atomic E-state index is 12.0. The molecule has 0 saturated heterocycles. The maximum atomic E-state index is 12.0. The predicted molar refractivity (Wildman–Crippen MR) is 86.3 cm³/mol. The number of nitro groups is 1. The maximum Gasteiger partial charge on any atom is 0.284 e. The Morgan fingerprint density at radius 3 is 2.45 bits per heavy atom. The largest absolute Gasteiger partial charge is 0.350 e. The van der Waals surface area contributed by atoms with E-state index in [2.05, 4.69) is 5.32 Å². The summed E-state index contributed by atoms with van der Waals surface area (Å²) < 4.78 is 0. The number of carbonyl (C=O) groups excluding carboxylic acids is 1. The molecule has 22 heavy (non-hydrogen) atoms. The molecular weight excluding hydrogens is 300 g/mol. The second kappa shape index (κ2) is 7.09. The van der Waals surface area contributed by atoms with Crippen LogP contribution in [0.2, 0.25) is 0 Å². The molecule has 114 valence electrons. The Bertz CT molecular complexity index is 687. The molecule has 0 bridgehead atoms. The minimum atomic E-state index is -0.461. The van der Waals surface area contributed by atoms with Crippen LogP contribution < -0.4 is 5.32 Å². The van der Waals surface area contributed by atoms with Crippen LogP contribution in [-0.2, 0) is 0 Å². The van der Waals surface area contributed by atoms with Crippen LogP contribution in [0, 0.1) is 10.1 Å². The van der Waals surface area contributed by atoms with Crippen LogP contribution in [-0.4, -0.2) is 16.9 Å². The number of nitrogens with zero attached hydrogens (tertiary/aromatic N) is 1. The van der Waals surface area contributed by atoms with Crippen molar-refractivity contribution in [2.24, 2.45) is 0 Å². The summed E-state index contributed by atoms with van der Waals surface area (Å²) in [5, 5.41) is 14.0. The highest BCUT2D eigenvalue weighted by Crippen LogP contribution is 2.35. The van der Waals surface area contributed by atoms with E-state index in [9.17, 15) is 14.9 Å². The van der Waals surface area contributed by atoms with Crippen molar-refractivity contribution >= 4 is 23.4 Å². The molecule has 0 fully saturated rings. The second-order valence-electron chi connectivity index (χ2n) is 4.98. The first-order valence-electron chi connectivity index (χ1n) is 6.79. The summed E-state index contributed by atoms with van der Waals surface area (Å²) in [7, 11) is 0. The van der Waals surface area contributed by atoms with Gasteiger partial charge < -0.3 is 5.32 Å². The Morgan fingerprint density at radius 1 is 1.18 bits per heavy atom. The van der Waals surface area contributed by atoms with Crippen molar-refractivity contribution < 1.29 is 9.72 Å². The summed E-state index contributed by atoms with van der Waals surface area (Å²) in [4.78, 5) is 24.2. The summed E-state index contributed by atoms with van der Waals surface area (Å²) in [5.74, 6) is -0.311. The zero-order valence-corrected chi connectivity index (χ0v) is 13.1. The zero-order chi connectivity index (χ0) is 16.1. The number of benzene rings is 2. The highest BCUT2D eigenvalue weighted by molar-refractivity contribution is 7.99. The molecule has 0 atom stereocenters. The van der Waals surface area contributed by atoms with Gasteiger partial charge in [-0.15, -0.1) is 0 Å². The molecule has 0 saturated carbocycles. The van der Waals surface area contributed by atoms with Crippen LogP contribution in [0.5, 0.6) is 0 Å². The third-order valence-corrected chi connectivity index (χ3v) is 3.88. The van der Waals surface area contributed by atoms with Crippen molar-refractivity contribution in [3.63, 3.8) is 0 Å². The van der Waals surface area contributed by atoms with E-state index >= 15 is 0 Å². The van der Waals surface area contributed by atoms with E-state index in [0.717, 1.165) is 4.90 Å². The molecule has 0 heterocycles. The van der Waals surface area contributed by atoms with Gasteiger partial charge in [-0.05, 0) is 38.1 Å². The van der Waals surface area contributed by atoms with Crippen molar-refractivity contribution in [3.05, 3.63) is 64.2 Å². The number of rotatable bonds is 5. The summed E-state index contributed by atoms with van der Waals surface area (Å²) in [6.45, 7) is 3.68. The first kappa shape index (κ1) is 16.0. The molecule has 6 heteroatoms. The molecule has 1 N–H and O–H groups in total. The first-order valence-corrected chi connectivity index (χ1v) is 7.61. The molecule has 0 aromatic heterocycles. The van der Waals surface area contributed by atoms with Crippen LogP contribution in [0.3, 0.4) is 0 Å². The molecule has 1 amide bonds. The van der Waals surface area contributed by atoms with Gasteiger partial charge in [-0.2, -0.15) is 0 Å². The standard InChI is InChI=1S/C16H16N2O3S/c1-11(2)17-16(19)12-8-9-15(14(10-12)18(20)21)22-13-6-4-3-5-7-13/h3-11H,1-2H3,(H,17,19). The summed E-state index contributed by atoms with van der Waals surface area (Å²) in [6.07, 6.45) is 0. The minimum absolute atomic E-state index is 0.0232. The van der Waals surface area contributed by atoms with Gasteiger partial charge in [-0.1, -0.05) is 30.0 Å². The summed E-state index contributed by atoms with van der Waals surface area (Å²) in [5.41, 5.74) is 0.225. The van der Waals surface area contributed by atoms with Gasteiger partial charge in [-0.3, -0.25) is 14.9 Å². The Morgan fingerprint density at radius 2 is 1.86 bits per heavy atom. The first-order chi connectivity index (χ1) is 10.5. The van der Waals surface area contributed by atoms with Gasteiger partial charge in [0, 0.05) is 22.6 Å². The van der Waals surface area contributed by atoms with Gasteiger partial charge in [0.2, 0.25) is 0 Å². The molecule has 0 unspecified atom stereocenters. The van der Waals surface area contributed by atoms with E-state index in [1.807, 2.05) is 44.2 Å².